The van der Waals surface area contributed by atoms with Crippen molar-refractivity contribution in [2.24, 2.45) is 0 Å². The molecule has 0 fully saturated rings. The van der Waals surface area contributed by atoms with Crippen LogP contribution in [0.2, 0.25) is 5.02 Å². The van der Waals surface area contributed by atoms with Crippen LogP contribution >= 0.6 is 22.3 Å². The summed E-state index contributed by atoms with van der Waals surface area (Å²) in [5.41, 5.74) is 1.95. The Morgan fingerprint density at radius 3 is 1.90 bits per heavy atom. The van der Waals surface area contributed by atoms with Crippen molar-refractivity contribution >= 4 is 43.3 Å². The van der Waals surface area contributed by atoms with E-state index in [2.05, 4.69) is 5.32 Å². The molecule has 0 unspecified atom stereocenters. The quantitative estimate of drug-likeness (QED) is 0.144. The molecule has 0 atom stereocenters. The Labute approximate surface area is 242 Å². The van der Waals surface area contributed by atoms with Crippen LogP contribution < -0.4 is 29.0 Å². The summed E-state index contributed by atoms with van der Waals surface area (Å²) in [6.07, 6.45) is 0.250. The second-order valence-corrected chi connectivity index (χ2v) is 11.0. The van der Waals surface area contributed by atoms with E-state index in [-0.39, 0.29) is 54.7 Å². The van der Waals surface area contributed by atoms with E-state index in [9.17, 15) is 18.0 Å². The molecule has 3 aromatic carbocycles. The highest BCUT2D eigenvalue weighted by molar-refractivity contribution is 8.12. The van der Waals surface area contributed by atoms with Crippen LogP contribution in [-0.4, -0.2) is 41.0 Å². The molecule has 0 saturated carbocycles. The van der Waals surface area contributed by atoms with Crippen LogP contribution in [0.3, 0.4) is 0 Å². The van der Waals surface area contributed by atoms with Crippen LogP contribution in [0.25, 0.3) is 0 Å². The molecule has 40 heavy (non-hydrogen) atoms. The molecule has 0 radical (unpaired) electrons. The third-order valence-electron chi connectivity index (χ3n) is 5.54. The molecule has 3 aromatic rings. The van der Waals surface area contributed by atoms with Gasteiger partial charge in [0.05, 0.1) is 19.2 Å². The van der Waals surface area contributed by atoms with Crippen molar-refractivity contribution in [3.05, 3.63) is 82.4 Å². The van der Waals surface area contributed by atoms with E-state index in [1.807, 2.05) is 36.4 Å². The highest BCUT2D eigenvalue weighted by Gasteiger charge is 2.20. The van der Waals surface area contributed by atoms with Gasteiger partial charge in [0.2, 0.25) is 0 Å². The molecule has 10 nitrogen and oxygen atoms in total. The number of hydrogen-bond donors (Lipinski definition) is 2. The van der Waals surface area contributed by atoms with Crippen LogP contribution in [-0.2, 0) is 22.5 Å². The van der Waals surface area contributed by atoms with Crippen molar-refractivity contribution in [3.8, 4) is 23.0 Å². The summed E-state index contributed by atoms with van der Waals surface area (Å²) in [6, 6.07) is 16.8. The molecule has 0 aromatic heterocycles. The normalized spacial score (nSPS) is 10.9. The van der Waals surface area contributed by atoms with Gasteiger partial charge >= 0.3 is 15.3 Å². The molecule has 2 N–H and O–H groups in total. The largest absolute Gasteiger partial charge is 0.497 e. The Hall–Kier alpha value is -3.67. The minimum absolute atomic E-state index is 0.0254. The molecule has 0 heterocycles. The minimum atomic E-state index is -4.20. The lowest BCUT2D eigenvalue weighted by molar-refractivity contribution is 0.0979. The number of amides is 2. The molecular formula is C27H28Cl2N2O8S. The van der Waals surface area contributed by atoms with Gasteiger partial charge in [0, 0.05) is 29.2 Å². The van der Waals surface area contributed by atoms with Crippen LogP contribution in [0, 0.1) is 0 Å². The smallest absolute Gasteiger partial charge is 0.329 e. The van der Waals surface area contributed by atoms with Gasteiger partial charge in [0.1, 0.15) is 24.7 Å². The van der Waals surface area contributed by atoms with Crippen LogP contribution in [0.15, 0.2) is 60.7 Å². The van der Waals surface area contributed by atoms with E-state index in [1.54, 1.807) is 43.2 Å². The Balaban J connectivity index is 1.73. The molecule has 0 aliphatic heterocycles. The standard InChI is InChI=1S/C27H28Cl2N2O8S/c1-36-20-9-5-18(6-10-20)16-38-24-14-13-22(23(32)4-3-15-30-27(33)31-40(29,34)35)25(28)26(24)39-17-19-7-11-21(37-2)12-8-19/h5-14H,3-4,15-17H2,1-2H3,(H2,30,31,33). The van der Waals surface area contributed by atoms with Crippen LogP contribution in [0.1, 0.15) is 34.3 Å². The summed E-state index contributed by atoms with van der Waals surface area (Å²) in [5.74, 6) is 1.69. The first-order valence-corrected chi connectivity index (χ1v) is 14.7. The predicted molar refractivity (Wildman–Crippen MR) is 151 cm³/mol. The summed E-state index contributed by atoms with van der Waals surface area (Å²) >= 11 is 6.66. The molecule has 3 rings (SSSR count). The number of benzene rings is 3. The Morgan fingerprint density at radius 1 is 0.825 bits per heavy atom. The fraction of sp³-hybridized carbons (Fsp3) is 0.259. The van der Waals surface area contributed by atoms with Gasteiger partial charge in [-0.1, -0.05) is 35.9 Å². The molecule has 2 amide bonds. The second kappa shape index (κ2) is 14.6. The number of carbonyl (C=O) groups excluding carboxylic acids is 2. The lowest BCUT2D eigenvalue weighted by atomic mass is 10.1. The minimum Gasteiger partial charge on any atom is -0.497 e. The number of ether oxygens (including phenoxy) is 4. The van der Waals surface area contributed by atoms with E-state index in [4.69, 9.17) is 41.2 Å². The maximum Gasteiger partial charge on any atom is 0.329 e. The van der Waals surface area contributed by atoms with Gasteiger partial charge < -0.3 is 24.3 Å². The van der Waals surface area contributed by atoms with E-state index in [0.29, 0.717) is 11.5 Å². The van der Waals surface area contributed by atoms with Gasteiger partial charge in [0.15, 0.2) is 17.3 Å². The topological polar surface area (TPSA) is 129 Å². The number of carbonyl (C=O) groups is 2. The number of Topliss-reactive ketones (excluding diaryl/α,β-unsaturated/α-hetero) is 1. The van der Waals surface area contributed by atoms with Crippen molar-refractivity contribution in [2.75, 3.05) is 20.8 Å². The van der Waals surface area contributed by atoms with Crippen molar-refractivity contribution in [3.63, 3.8) is 0 Å². The lowest BCUT2D eigenvalue weighted by Gasteiger charge is -2.17. The molecule has 0 spiro atoms. The number of methoxy groups -OCH3 is 2. The summed E-state index contributed by atoms with van der Waals surface area (Å²) in [7, 11) is 3.93. The first-order chi connectivity index (χ1) is 19.1. The summed E-state index contributed by atoms with van der Waals surface area (Å²) in [4.78, 5) is 24.4. The van der Waals surface area contributed by atoms with Gasteiger partial charge in [-0.15, -0.1) is 0 Å². The molecule has 0 aliphatic carbocycles. The Morgan fingerprint density at radius 2 is 1.38 bits per heavy atom. The van der Waals surface area contributed by atoms with Gasteiger partial charge in [0.25, 0.3) is 0 Å². The predicted octanol–water partition coefficient (Wildman–Crippen LogP) is 5.26. The summed E-state index contributed by atoms with van der Waals surface area (Å²) in [5, 5.41) is 2.39. The number of rotatable bonds is 14. The highest BCUT2D eigenvalue weighted by atomic mass is 35.7. The van der Waals surface area contributed by atoms with E-state index in [0.717, 1.165) is 16.9 Å². The van der Waals surface area contributed by atoms with Crippen molar-refractivity contribution in [2.45, 2.75) is 26.1 Å². The molecule has 0 bridgehead atoms. The average molecular weight is 612 g/mol. The van der Waals surface area contributed by atoms with Crippen molar-refractivity contribution in [1.82, 2.24) is 10.0 Å². The number of urea groups is 1. The molecule has 214 valence electrons. The Bertz CT molecular complexity index is 1420. The summed E-state index contributed by atoms with van der Waals surface area (Å²) < 4.78 is 45.8. The summed E-state index contributed by atoms with van der Waals surface area (Å²) in [6.45, 7) is 0.409. The zero-order valence-corrected chi connectivity index (χ0v) is 24.1. The molecular weight excluding hydrogens is 583 g/mol. The number of nitrogens with one attached hydrogen (secondary N) is 2. The molecule has 0 aliphatic rings. The van der Waals surface area contributed by atoms with Crippen molar-refractivity contribution < 1.29 is 37.0 Å². The second-order valence-electron chi connectivity index (χ2n) is 8.35. The lowest BCUT2D eigenvalue weighted by Crippen LogP contribution is -2.37. The molecule has 13 heteroatoms. The Kier molecular flexibility index (Phi) is 11.3. The maximum absolute atomic E-state index is 12.9. The van der Waals surface area contributed by atoms with Gasteiger partial charge in [-0.2, -0.15) is 8.42 Å². The SMILES string of the molecule is COc1ccc(COc2ccc(C(=O)CCCNC(=O)NS(=O)(=O)Cl)c(Cl)c2OCc2ccc(OC)cc2)cc1. The fourth-order valence-electron chi connectivity index (χ4n) is 3.49. The zero-order valence-electron chi connectivity index (χ0n) is 21.7. The third kappa shape index (κ3) is 9.51. The maximum atomic E-state index is 12.9. The monoisotopic (exact) mass is 610 g/mol. The van der Waals surface area contributed by atoms with E-state index >= 15 is 0 Å². The highest BCUT2D eigenvalue weighted by Crippen LogP contribution is 2.39. The van der Waals surface area contributed by atoms with Crippen molar-refractivity contribution in [1.29, 1.82) is 0 Å². The number of halogens is 2. The molecule has 0 saturated heterocycles. The first-order valence-electron chi connectivity index (χ1n) is 12.0. The van der Waals surface area contributed by atoms with E-state index in [1.165, 1.54) is 0 Å². The number of ketones is 1. The first kappa shape index (κ1) is 30.9. The zero-order chi connectivity index (χ0) is 29.1. The fourth-order valence-corrected chi connectivity index (χ4v) is 4.31. The van der Waals surface area contributed by atoms with Gasteiger partial charge in [-0.05, 0) is 53.9 Å². The van der Waals surface area contributed by atoms with Gasteiger partial charge in [-0.25, -0.2) is 9.52 Å². The van der Waals surface area contributed by atoms with E-state index < -0.39 is 15.3 Å². The average Bonchev–Trinajstić information content (AvgIpc) is 2.93. The van der Waals surface area contributed by atoms with Gasteiger partial charge in [-0.3, -0.25) is 4.79 Å². The number of hydrogen-bond acceptors (Lipinski definition) is 8. The third-order valence-corrected chi connectivity index (χ3v) is 6.57. The van der Waals surface area contributed by atoms with Crippen LogP contribution in [0.4, 0.5) is 4.79 Å². The van der Waals surface area contributed by atoms with Crippen LogP contribution in [0.5, 0.6) is 23.0 Å².